The summed E-state index contributed by atoms with van der Waals surface area (Å²) in [5.41, 5.74) is 5.83. The van der Waals surface area contributed by atoms with Gasteiger partial charge in [-0.3, -0.25) is 4.79 Å². The van der Waals surface area contributed by atoms with Crippen LogP contribution in [0.3, 0.4) is 0 Å². The van der Waals surface area contributed by atoms with Crippen molar-refractivity contribution in [2.45, 2.75) is 51.4 Å². The van der Waals surface area contributed by atoms with Crippen molar-refractivity contribution in [3.63, 3.8) is 0 Å². The van der Waals surface area contributed by atoms with E-state index >= 15 is 0 Å². The molecule has 5 aliphatic rings. The molecule has 0 unspecified atom stereocenters. The first kappa shape index (κ1) is 13.1. The highest BCUT2D eigenvalue weighted by Crippen LogP contribution is 2.60. The third kappa shape index (κ3) is 2.01. The van der Waals surface area contributed by atoms with Crippen LogP contribution in [0.1, 0.15) is 51.4 Å². The van der Waals surface area contributed by atoms with Gasteiger partial charge in [0.15, 0.2) is 0 Å². The summed E-state index contributed by atoms with van der Waals surface area (Å²) >= 11 is 0. The molecule has 5 fully saturated rings. The number of nitrogens with two attached hydrogens (primary N) is 1. The SMILES string of the molecule is NCC1CCN(C(=O)C23CC4CC(CC(C4)C2)C3)CC1. The first-order valence-corrected chi connectivity index (χ1v) is 8.68. The van der Waals surface area contributed by atoms with Crippen LogP contribution in [0.2, 0.25) is 0 Å². The monoisotopic (exact) mass is 276 g/mol. The Hall–Kier alpha value is -0.570. The number of piperidine rings is 1. The van der Waals surface area contributed by atoms with Crippen molar-refractivity contribution in [3.8, 4) is 0 Å². The van der Waals surface area contributed by atoms with Crippen molar-refractivity contribution in [3.05, 3.63) is 0 Å². The number of rotatable bonds is 2. The molecule has 2 N–H and O–H groups in total. The maximum Gasteiger partial charge on any atom is 0.228 e. The van der Waals surface area contributed by atoms with Crippen LogP contribution < -0.4 is 5.73 Å². The van der Waals surface area contributed by atoms with Gasteiger partial charge in [0.05, 0.1) is 5.41 Å². The van der Waals surface area contributed by atoms with Crippen LogP contribution >= 0.6 is 0 Å². The molecule has 5 rings (SSSR count). The molecule has 3 nitrogen and oxygen atoms in total. The zero-order valence-corrected chi connectivity index (χ0v) is 12.5. The molecular formula is C17H28N2O. The van der Waals surface area contributed by atoms with Gasteiger partial charge in [0.1, 0.15) is 0 Å². The lowest BCUT2D eigenvalue weighted by molar-refractivity contribution is -0.159. The number of carbonyl (C=O) groups is 1. The molecule has 3 heteroatoms. The molecule has 112 valence electrons. The van der Waals surface area contributed by atoms with Gasteiger partial charge < -0.3 is 10.6 Å². The van der Waals surface area contributed by atoms with E-state index in [1.54, 1.807) is 0 Å². The van der Waals surface area contributed by atoms with E-state index in [1.165, 1.54) is 38.5 Å². The highest BCUT2D eigenvalue weighted by atomic mass is 16.2. The Kier molecular flexibility index (Phi) is 3.10. The number of hydrogen-bond donors (Lipinski definition) is 1. The highest BCUT2D eigenvalue weighted by Gasteiger charge is 2.55. The largest absolute Gasteiger partial charge is 0.342 e. The van der Waals surface area contributed by atoms with Crippen LogP contribution in [-0.4, -0.2) is 30.4 Å². The average molecular weight is 276 g/mol. The fourth-order valence-electron chi connectivity index (χ4n) is 6.08. The Morgan fingerprint density at radius 3 is 1.95 bits per heavy atom. The maximum atomic E-state index is 13.1. The number of likely N-dealkylation sites (tertiary alicyclic amines) is 1. The summed E-state index contributed by atoms with van der Waals surface area (Å²) < 4.78 is 0. The van der Waals surface area contributed by atoms with Crippen LogP contribution in [0.15, 0.2) is 0 Å². The fraction of sp³-hybridized carbons (Fsp3) is 0.941. The standard InChI is InChI=1S/C17H28N2O/c18-11-12-1-3-19(4-2-12)16(20)17-8-13-5-14(9-17)7-15(6-13)10-17/h12-15H,1-11,18H2. The summed E-state index contributed by atoms with van der Waals surface area (Å²) in [4.78, 5) is 15.3. The third-order valence-electron chi connectivity index (χ3n) is 6.73. The van der Waals surface area contributed by atoms with Crippen LogP contribution in [0.4, 0.5) is 0 Å². The van der Waals surface area contributed by atoms with Gasteiger partial charge in [-0.1, -0.05) is 0 Å². The predicted molar refractivity (Wildman–Crippen MR) is 79.0 cm³/mol. The predicted octanol–water partition coefficient (Wildman–Crippen LogP) is 2.40. The van der Waals surface area contributed by atoms with E-state index in [0.29, 0.717) is 11.8 Å². The first-order valence-electron chi connectivity index (χ1n) is 8.68. The smallest absolute Gasteiger partial charge is 0.228 e. The molecule has 1 amide bonds. The molecule has 1 saturated heterocycles. The number of nitrogens with zero attached hydrogens (tertiary/aromatic N) is 1. The van der Waals surface area contributed by atoms with Gasteiger partial charge in [-0.05, 0) is 81.6 Å². The third-order valence-corrected chi connectivity index (χ3v) is 6.73. The van der Waals surface area contributed by atoms with Crippen LogP contribution in [-0.2, 0) is 4.79 Å². The van der Waals surface area contributed by atoms with Gasteiger partial charge in [0.25, 0.3) is 0 Å². The lowest BCUT2D eigenvalue weighted by atomic mass is 9.49. The average Bonchev–Trinajstić information content (AvgIpc) is 2.45. The van der Waals surface area contributed by atoms with Crippen LogP contribution in [0.25, 0.3) is 0 Å². The Labute approximate surface area is 122 Å². The fourth-order valence-corrected chi connectivity index (χ4v) is 6.08. The second-order valence-electron chi connectivity index (χ2n) is 8.17. The summed E-state index contributed by atoms with van der Waals surface area (Å²) in [6.45, 7) is 2.71. The topological polar surface area (TPSA) is 46.3 Å². The lowest BCUT2D eigenvalue weighted by Gasteiger charge is -2.57. The molecule has 20 heavy (non-hydrogen) atoms. The first-order chi connectivity index (χ1) is 9.68. The van der Waals surface area contributed by atoms with Crippen LogP contribution in [0.5, 0.6) is 0 Å². The van der Waals surface area contributed by atoms with Gasteiger partial charge >= 0.3 is 0 Å². The van der Waals surface area contributed by atoms with E-state index in [1.807, 2.05) is 0 Å². The molecule has 0 aromatic rings. The van der Waals surface area contributed by atoms with E-state index in [4.69, 9.17) is 5.73 Å². The normalized spacial score (nSPS) is 44.0. The van der Waals surface area contributed by atoms with E-state index in [-0.39, 0.29) is 5.41 Å². The highest BCUT2D eigenvalue weighted by molar-refractivity contribution is 5.83. The molecule has 4 aliphatic carbocycles. The van der Waals surface area contributed by atoms with Crippen molar-refractivity contribution < 1.29 is 4.79 Å². The summed E-state index contributed by atoms with van der Waals surface area (Å²) in [6.07, 6.45) is 10.1. The van der Waals surface area contributed by atoms with Gasteiger partial charge in [-0.15, -0.1) is 0 Å². The minimum Gasteiger partial charge on any atom is -0.342 e. The van der Waals surface area contributed by atoms with Gasteiger partial charge in [0, 0.05) is 13.1 Å². The molecule has 1 heterocycles. The molecule has 4 bridgehead atoms. The summed E-state index contributed by atoms with van der Waals surface area (Å²) in [5.74, 6) is 3.77. The summed E-state index contributed by atoms with van der Waals surface area (Å²) in [6, 6.07) is 0. The zero-order chi connectivity index (χ0) is 13.7. The lowest BCUT2D eigenvalue weighted by Crippen LogP contribution is -2.55. The molecule has 0 spiro atoms. The number of amides is 1. The van der Waals surface area contributed by atoms with Crippen molar-refractivity contribution in [2.24, 2.45) is 34.8 Å². The molecule has 0 aromatic carbocycles. The minimum absolute atomic E-state index is 0.0598. The van der Waals surface area contributed by atoms with Gasteiger partial charge in [-0.2, -0.15) is 0 Å². The Balaban J connectivity index is 1.48. The quantitative estimate of drug-likeness (QED) is 0.842. The molecule has 0 radical (unpaired) electrons. The number of hydrogen-bond acceptors (Lipinski definition) is 2. The van der Waals surface area contributed by atoms with Crippen molar-refractivity contribution in [1.82, 2.24) is 4.90 Å². The molecule has 1 aliphatic heterocycles. The van der Waals surface area contributed by atoms with E-state index in [9.17, 15) is 4.79 Å². The second kappa shape index (κ2) is 4.72. The molecule has 4 saturated carbocycles. The van der Waals surface area contributed by atoms with E-state index in [2.05, 4.69) is 4.90 Å². The number of carbonyl (C=O) groups excluding carboxylic acids is 1. The minimum atomic E-state index is 0.0598. The maximum absolute atomic E-state index is 13.1. The van der Waals surface area contributed by atoms with Crippen molar-refractivity contribution >= 4 is 5.91 Å². The Bertz CT molecular complexity index is 363. The van der Waals surface area contributed by atoms with E-state index in [0.717, 1.165) is 50.2 Å². The Morgan fingerprint density at radius 2 is 1.50 bits per heavy atom. The molecule has 0 atom stereocenters. The zero-order valence-electron chi connectivity index (χ0n) is 12.5. The Morgan fingerprint density at radius 1 is 1.00 bits per heavy atom. The second-order valence-corrected chi connectivity index (χ2v) is 8.17. The summed E-state index contributed by atoms with van der Waals surface area (Å²) in [7, 11) is 0. The van der Waals surface area contributed by atoms with Crippen molar-refractivity contribution in [1.29, 1.82) is 0 Å². The summed E-state index contributed by atoms with van der Waals surface area (Å²) in [5, 5.41) is 0. The molecular weight excluding hydrogens is 248 g/mol. The van der Waals surface area contributed by atoms with E-state index < -0.39 is 0 Å². The molecule has 0 aromatic heterocycles. The van der Waals surface area contributed by atoms with Crippen LogP contribution in [0, 0.1) is 29.1 Å². The van der Waals surface area contributed by atoms with Gasteiger partial charge in [-0.25, -0.2) is 0 Å². The van der Waals surface area contributed by atoms with Gasteiger partial charge in [0.2, 0.25) is 5.91 Å². The van der Waals surface area contributed by atoms with Crippen molar-refractivity contribution in [2.75, 3.05) is 19.6 Å².